The first-order valence-electron chi connectivity index (χ1n) is 11.3. The normalized spacial score (nSPS) is 18.5. The van der Waals surface area contributed by atoms with Gasteiger partial charge in [0.2, 0.25) is 11.3 Å². The number of ketones is 1. The summed E-state index contributed by atoms with van der Waals surface area (Å²) in [6.07, 6.45) is -66.6. The lowest BCUT2D eigenvalue weighted by atomic mass is 9.72. The molecule has 0 amide bonds. The number of rotatable bonds is 12. The van der Waals surface area contributed by atoms with Gasteiger partial charge in [0.15, 0.2) is 0 Å². The van der Waals surface area contributed by atoms with Gasteiger partial charge in [0.25, 0.3) is 0 Å². The molecule has 0 aliphatic carbocycles. The van der Waals surface area contributed by atoms with Crippen LogP contribution in [0.2, 0.25) is 0 Å². The van der Waals surface area contributed by atoms with Crippen molar-refractivity contribution in [2.75, 3.05) is 0 Å². The van der Waals surface area contributed by atoms with Gasteiger partial charge in [-0.1, -0.05) is 0 Å². The molecular formula is C19H8F30O. The van der Waals surface area contributed by atoms with E-state index in [-0.39, 0.29) is 0 Å². The Balaban J connectivity index is 7.59. The van der Waals surface area contributed by atoms with E-state index in [9.17, 15) is 137 Å². The lowest BCUT2D eigenvalue weighted by Gasteiger charge is -2.47. The molecule has 31 heteroatoms. The zero-order valence-electron chi connectivity index (χ0n) is 22.1. The summed E-state index contributed by atoms with van der Waals surface area (Å²) in [4.78, 5) is 11.7. The van der Waals surface area contributed by atoms with Crippen molar-refractivity contribution in [3.05, 3.63) is 0 Å². The van der Waals surface area contributed by atoms with Gasteiger partial charge in [0, 0.05) is 12.8 Å². The molecule has 0 heterocycles. The molecular weight excluding hydrogens is 814 g/mol. The predicted octanol–water partition coefficient (Wildman–Crippen LogP) is 10.9. The molecule has 0 rings (SSSR count). The number of carbonyl (C=O) groups is 1. The van der Waals surface area contributed by atoms with Crippen LogP contribution < -0.4 is 0 Å². The van der Waals surface area contributed by atoms with Crippen LogP contribution in [0.4, 0.5) is 132 Å². The molecule has 2 unspecified atom stereocenters. The molecule has 300 valence electrons. The summed E-state index contributed by atoms with van der Waals surface area (Å²) < 4.78 is 399. The Morgan fingerprint density at radius 2 is 0.460 bits per heavy atom. The van der Waals surface area contributed by atoms with Crippen LogP contribution in [0.3, 0.4) is 0 Å². The third-order valence-electron chi connectivity index (χ3n) is 6.65. The molecule has 2 atom stereocenters. The smallest absolute Gasteiger partial charge is 0.300 e. The lowest BCUT2D eigenvalue weighted by molar-refractivity contribution is -0.441. The Bertz CT molecular complexity index is 1090. The summed E-state index contributed by atoms with van der Waals surface area (Å²) in [5, 5.41) is 0. The van der Waals surface area contributed by atoms with E-state index < -0.39 is 115 Å². The van der Waals surface area contributed by atoms with Crippen molar-refractivity contribution in [3.63, 3.8) is 0 Å². The molecule has 0 aliphatic heterocycles. The highest BCUT2D eigenvalue weighted by atomic mass is 19.5. The minimum atomic E-state index is -8.79. The highest BCUT2D eigenvalue weighted by molar-refractivity contribution is 5.78. The molecule has 0 saturated carbocycles. The van der Waals surface area contributed by atoms with Crippen molar-refractivity contribution < 1.29 is 137 Å². The van der Waals surface area contributed by atoms with Crippen LogP contribution in [0, 0.1) is 0 Å². The molecule has 0 radical (unpaired) electrons. The fraction of sp³-hybridized carbons (Fsp3) is 0.947. The minimum absolute atomic E-state index is 3.57. The fourth-order valence-corrected chi connectivity index (χ4v) is 3.91. The second kappa shape index (κ2) is 12.3. The Labute approximate surface area is 252 Å². The highest BCUT2D eigenvalue weighted by Crippen LogP contribution is 2.66. The number of carbonyl (C=O) groups excluding carboxylic acids is 1. The van der Waals surface area contributed by atoms with E-state index in [1.54, 1.807) is 0 Å². The Morgan fingerprint density at radius 3 is 0.600 bits per heavy atom. The number of Topliss-reactive ketones (excluding diaryl/α,β-unsaturated/α-hetero) is 1. The molecule has 50 heavy (non-hydrogen) atoms. The van der Waals surface area contributed by atoms with Gasteiger partial charge in [-0.25, -0.2) is 17.6 Å². The highest BCUT2D eigenvalue weighted by Gasteiger charge is 2.95. The van der Waals surface area contributed by atoms with Crippen LogP contribution in [0.15, 0.2) is 0 Å². The zero-order chi connectivity index (χ0) is 41.4. The third-order valence-corrected chi connectivity index (χ3v) is 6.65. The molecule has 0 spiro atoms. The SMILES string of the molecule is O=C(CCC(F)(C(F)(F)C(F)(F)C(F)(F)F)C(F)(C(F)(F)F)C(F)(F)F)CCC(F)(C(F)(F)C(F)(F)C(F)(F)F)C(F)(C(F)(F)F)C(F)(F)F. The molecule has 0 saturated heterocycles. The van der Waals surface area contributed by atoms with Crippen molar-refractivity contribution in [3.8, 4) is 0 Å². The van der Waals surface area contributed by atoms with Crippen molar-refractivity contribution >= 4 is 5.78 Å². The van der Waals surface area contributed by atoms with Crippen LogP contribution in [-0.2, 0) is 4.79 Å². The summed E-state index contributed by atoms with van der Waals surface area (Å²) >= 11 is 0. The van der Waals surface area contributed by atoms with Crippen molar-refractivity contribution in [2.24, 2.45) is 0 Å². The Morgan fingerprint density at radius 1 is 0.280 bits per heavy atom. The molecule has 0 bridgehead atoms. The van der Waals surface area contributed by atoms with Gasteiger partial charge in [0.05, 0.1) is 0 Å². The van der Waals surface area contributed by atoms with Gasteiger partial charge >= 0.3 is 72.1 Å². The van der Waals surface area contributed by atoms with Crippen LogP contribution in [0.5, 0.6) is 0 Å². The van der Waals surface area contributed by atoms with Gasteiger partial charge in [-0.2, -0.15) is 114 Å². The second-order valence-electron chi connectivity index (χ2n) is 9.74. The number of hydrogen-bond donors (Lipinski definition) is 0. The average molecular weight is 822 g/mol. The van der Waals surface area contributed by atoms with Crippen molar-refractivity contribution in [2.45, 2.75) is 109 Å². The van der Waals surface area contributed by atoms with Gasteiger partial charge in [-0.3, -0.25) is 4.79 Å². The topological polar surface area (TPSA) is 17.1 Å². The Kier molecular flexibility index (Phi) is 11.7. The number of hydrogen-bond acceptors (Lipinski definition) is 1. The first-order valence-corrected chi connectivity index (χ1v) is 11.3. The van der Waals surface area contributed by atoms with E-state index in [2.05, 4.69) is 0 Å². The minimum Gasteiger partial charge on any atom is -0.300 e. The standard InChI is InChI=1S/C19H8F30O/c20-6(8(22,14(32,33)34)15(35,36)37,10(24,25)12(28,29)18(44,45)46)3-1-5(50)2-4-7(21,9(23,16(38,39)40)17(41,42)43)11(26,27)13(30,31)19(47,48)49/h1-4H2. The zero-order valence-corrected chi connectivity index (χ0v) is 22.1. The maximum atomic E-state index is 15.0. The second-order valence-corrected chi connectivity index (χ2v) is 9.74. The summed E-state index contributed by atoms with van der Waals surface area (Å²) in [6, 6.07) is 0. The fourth-order valence-electron chi connectivity index (χ4n) is 3.91. The van der Waals surface area contributed by atoms with Gasteiger partial charge in [-0.05, 0) is 12.8 Å². The van der Waals surface area contributed by atoms with Gasteiger partial charge in [-0.15, -0.1) is 0 Å². The molecule has 0 aliphatic rings. The maximum absolute atomic E-state index is 15.0. The van der Waals surface area contributed by atoms with Crippen LogP contribution in [-0.4, -0.2) is 89.2 Å². The number of halogens is 30. The third kappa shape index (κ3) is 6.55. The van der Waals surface area contributed by atoms with E-state index in [1.807, 2.05) is 0 Å². The molecule has 0 fully saturated rings. The molecule has 0 N–H and O–H groups in total. The molecule has 0 aromatic heterocycles. The largest absolute Gasteiger partial charge is 0.460 e. The van der Waals surface area contributed by atoms with Gasteiger partial charge in [0.1, 0.15) is 5.78 Å². The van der Waals surface area contributed by atoms with E-state index in [4.69, 9.17) is 0 Å². The summed E-state index contributed by atoms with van der Waals surface area (Å²) in [6.45, 7) is 0. The van der Waals surface area contributed by atoms with E-state index in [0.717, 1.165) is 0 Å². The quantitative estimate of drug-likeness (QED) is 0.179. The average Bonchev–Trinajstić information content (AvgIpc) is 2.84. The summed E-state index contributed by atoms with van der Waals surface area (Å²) in [5.74, 6) is -38.3. The van der Waals surface area contributed by atoms with Crippen molar-refractivity contribution in [1.29, 1.82) is 0 Å². The number of alkyl halides is 30. The Hall–Kier alpha value is -2.43. The van der Waals surface area contributed by atoms with Crippen LogP contribution in [0.25, 0.3) is 0 Å². The van der Waals surface area contributed by atoms with Crippen LogP contribution >= 0.6 is 0 Å². The van der Waals surface area contributed by atoms with E-state index in [1.165, 1.54) is 0 Å². The first-order chi connectivity index (χ1) is 21.1. The van der Waals surface area contributed by atoms with Gasteiger partial charge < -0.3 is 0 Å². The van der Waals surface area contributed by atoms with Crippen LogP contribution in [0.1, 0.15) is 25.7 Å². The molecule has 0 aromatic carbocycles. The van der Waals surface area contributed by atoms with E-state index >= 15 is 0 Å². The summed E-state index contributed by atoms with van der Waals surface area (Å²) in [5.41, 5.74) is -34.1. The predicted molar refractivity (Wildman–Crippen MR) is 94.9 cm³/mol. The maximum Gasteiger partial charge on any atom is 0.460 e. The summed E-state index contributed by atoms with van der Waals surface area (Å²) in [7, 11) is 0. The monoisotopic (exact) mass is 822 g/mol. The first kappa shape index (κ1) is 47.6. The van der Waals surface area contributed by atoms with Crippen molar-refractivity contribution in [1.82, 2.24) is 0 Å². The van der Waals surface area contributed by atoms with E-state index in [0.29, 0.717) is 0 Å². The lowest BCUT2D eigenvalue weighted by Crippen LogP contribution is -2.77. The molecule has 1 nitrogen and oxygen atoms in total. The molecule has 0 aromatic rings.